The number of nitrogens with zero attached hydrogens (tertiary/aromatic N) is 4. The van der Waals surface area contributed by atoms with E-state index in [0.29, 0.717) is 12.0 Å². The van der Waals surface area contributed by atoms with Gasteiger partial charge < -0.3 is 4.90 Å². The van der Waals surface area contributed by atoms with E-state index >= 15 is 0 Å². The summed E-state index contributed by atoms with van der Waals surface area (Å²) in [5.74, 6) is 0.699. The zero-order chi connectivity index (χ0) is 19.1. The second kappa shape index (κ2) is 7.12. The van der Waals surface area contributed by atoms with Gasteiger partial charge in [0.1, 0.15) is 11.3 Å². The molecular formula is C22H30N4O. The van der Waals surface area contributed by atoms with Gasteiger partial charge in [0.15, 0.2) is 0 Å². The highest BCUT2D eigenvalue weighted by Gasteiger charge is 2.37. The Kier molecular flexibility index (Phi) is 4.81. The molecule has 2 aromatic rings. The van der Waals surface area contributed by atoms with Gasteiger partial charge in [-0.05, 0) is 64.2 Å². The second-order valence-corrected chi connectivity index (χ2v) is 8.52. The van der Waals surface area contributed by atoms with E-state index in [2.05, 4.69) is 41.6 Å². The molecule has 0 spiro atoms. The maximum atomic E-state index is 13.5. The molecule has 2 atom stereocenters. The number of carbonyl (C=O) groups excluding carboxylic acids is 1. The first-order valence-electron chi connectivity index (χ1n) is 10.0. The van der Waals surface area contributed by atoms with Crippen LogP contribution in [-0.4, -0.2) is 57.3 Å². The topological polar surface area (TPSA) is 40.8 Å². The SMILES string of the molecule is CC(C)=CCN1C[C@H]2CC[C@@H]1CN(C(=O)c1c(C)nc3cc(C)ccn13)C2. The van der Waals surface area contributed by atoms with Crippen molar-refractivity contribution in [3.05, 3.63) is 46.9 Å². The lowest BCUT2D eigenvalue weighted by atomic mass is 9.95. The average molecular weight is 367 g/mol. The van der Waals surface area contributed by atoms with Gasteiger partial charge in [-0.25, -0.2) is 4.98 Å². The van der Waals surface area contributed by atoms with Gasteiger partial charge in [0.05, 0.1) is 5.69 Å². The van der Waals surface area contributed by atoms with Crippen LogP contribution >= 0.6 is 0 Å². The van der Waals surface area contributed by atoms with Gasteiger partial charge in [-0.2, -0.15) is 0 Å². The first-order valence-corrected chi connectivity index (χ1v) is 10.0. The molecule has 2 bridgehead atoms. The summed E-state index contributed by atoms with van der Waals surface area (Å²) in [7, 11) is 0. The quantitative estimate of drug-likeness (QED) is 0.781. The van der Waals surface area contributed by atoms with Gasteiger partial charge >= 0.3 is 0 Å². The van der Waals surface area contributed by atoms with E-state index in [1.165, 1.54) is 18.4 Å². The van der Waals surface area contributed by atoms with Crippen LogP contribution in [0, 0.1) is 19.8 Å². The van der Waals surface area contributed by atoms with Crippen LogP contribution in [0.5, 0.6) is 0 Å². The Morgan fingerprint density at radius 2 is 2.04 bits per heavy atom. The number of hydrogen-bond donors (Lipinski definition) is 0. The maximum absolute atomic E-state index is 13.5. The van der Waals surface area contributed by atoms with Gasteiger partial charge in [0.2, 0.25) is 0 Å². The molecule has 0 radical (unpaired) electrons. The van der Waals surface area contributed by atoms with E-state index in [1.54, 1.807) is 0 Å². The number of aryl methyl sites for hydroxylation is 2. The first-order chi connectivity index (χ1) is 12.9. The molecule has 5 nitrogen and oxygen atoms in total. The summed E-state index contributed by atoms with van der Waals surface area (Å²) in [5.41, 5.74) is 4.93. The molecule has 0 unspecified atom stereocenters. The van der Waals surface area contributed by atoms with Crippen molar-refractivity contribution in [2.24, 2.45) is 5.92 Å². The molecule has 0 aromatic carbocycles. The molecule has 0 aliphatic carbocycles. The number of aromatic nitrogens is 2. The second-order valence-electron chi connectivity index (χ2n) is 8.52. The number of imidazole rings is 1. The highest BCUT2D eigenvalue weighted by Crippen LogP contribution is 2.29. The highest BCUT2D eigenvalue weighted by molar-refractivity contribution is 5.94. The van der Waals surface area contributed by atoms with Gasteiger partial charge in [-0.1, -0.05) is 11.6 Å². The van der Waals surface area contributed by atoms with Crippen molar-refractivity contribution in [3.8, 4) is 0 Å². The number of piperidine rings is 1. The summed E-state index contributed by atoms with van der Waals surface area (Å²) in [4.78, 5) is 22.7. The van der Waals surface area contributed by atoms with Crippen LogP contribution in [0.15, 0.2) is 30.0 Å². The Bertz CT molecular complexity index is 893. The molecule has 5 rings (SSSR count). The van der Waals surface area contributed by atoms with Crippen molar-refractivity contribution < 1.29 is 4.79 Å². The fraction of sp³-hybridized carbons (Fsp3) is 0.545. The molecule has 0 N–H and O–H groups in total. The molecule has 3 saturated heterocycles. The molecule has 27 heavy (non-hydrogen) atoms. The van der Waals surface area contributed by atoms with Crippen LogP contribution in [0.4, 0.5) is 0 Å². The van der Waals surface area contributed by atoms with Crippen LogP contribution in [0.25, 0.3) is 5.65 Å². The summed E-state index contributed by atoms with van der Waals surface area (Å²) >= 11 is 0. The Morgan fingerprint density at radius 3 is 2.81 bits per heavy atom. The highest BCUT2D eigenvalue weighted by atomic mass is 16.2. The monoisotopic (exact) mass is 366 g/mol. The lowest BCUT2D eigenvalue weighted by molar-refractivity contribution is 0.0732. The van der Waals surface area contributed by atoms with Crippen molar-refractivity contribution >= 4 is 11.6 Å². The summed E-state index contributed by atoms with van der Waals surface area (Å²) in [6.45, 7) is 12.1. The standard InChI is InChI=1S/C22H30N4O/c1-15(2)7-9-24-12-18-5-6-19(24)14-25(13-18)22(27)21-17(4)23-20-11-16(3)8-10-26(20)21/h7-8,10-11,18-19H,5-6,9,12-14H2,1-4H3/t18-,19-/m1/s1. The Morgan fingerprint density at radius 1 is 1.22 bits per heavy atom. The zero-order valence-electron chi connectivity index (χ0n) is 16.9. The zero-order valence-corrected chi connectivity index (χ0v) is 16.9. The maximum Gasteiger partial charge on any atom is 0.272 e. The van der Waals surface area contributed by atoms with E-state index in [0.717, 1.165) is 48.8 Å². The number of carbonyl (C=O) groups is 1. The van der Waals surface area contributed by atoms with Crippen LogP contribution in [0.3, 0.4) is 0 Å². The lowest BCUT2D eigenvalue weighted by Gasteiger charge is -2.35. The minimum absolute atomic E-state index is 0.129. The summed E-state index contributed by atoms with van der Waals surface area (Å²) in [6.07, 6.45) is 6.71. The molecule has 5 heteroatoms. The van der Waals surface area contributed by atoms with Crippen molar-refractivity contribution in [2.45, 2.75) is 46.6 Å². The van der Waals surface area contributed by atoms with Crippen molar-refractivity contribution in [1.82, 2.24) is 19.2 Å². The molecule has 144 valence electrons. The predicted molar refractivity (Wildman–Crippen MR) is 108 cm³/mol. The van der Waals surface area contributed by atoms with Crippen LogP contribution in [-0.2, 0) is 0 Å². The van der Waals surface area contributed by atoms with Crippen molar-refractivity contribution in [2.75, 3.05) is 26.2 Å². The van der Waals surface area contributed by atoms with Gasteiger partial charge in [-0.15, -0.1) is 0 Å². The van der Waals surface area contributed by atoms with Gasteiger partial charge in [0.25, 0.3) is 5.91 Å². The lowest BCUT2D eigenvalue weighted by Crippen LogP contribution is -2.44. The normalized spacial score (nSPS) is 22.9. The molecule has 0 saturated carbocycles. The number of fused-ring (bicyclic) bond motifs is 5. The Labute approximate surface area is 161 Å². The fourth-order valence-electron chi connectivity index (χ4n) is 4.54. The molecule has 2 aromatic heterocycles. The number of amides is 1. The summed E-state index contributed by atoms with van der Waals surface area (Å²) in [5, 5.41) is 0. The molecular weight excluding hydrogens is 336 g/mol. The van der Waals surface area contributed by atoms with Gasteiger partial charge in [-0.3, -0.25) is 14.1 Å². The van der Waals surface area contributed by atoms with Gasteiger partial charge in [0, 0.05) is 38.4 Å². The van der Waals surface area contributed by atoms with Crippen LogP contribution in [0.2, 0.25) is 0 Å². The van der Waals surface area contributed by atoms with Crippen molar-refractivity contribution in [3.63, 3.8) is 0 Å². The van der Waals surface area contributed by atoms with Crippen LogP contribution in [0.1, 0.15) is 48.4 Å². The smallest absolute Gasteiger partial charge is 0.272 e. The third-order valence-corrected chi connectivity index (χ3v) is 6.01. The predicted octanol–water partition coefficient (Wildman–Crippen LogP) is 3.45. The Hall–Kier alpha value is -2.14. The molecule has 5 heterocycles. The molecule has 3 aliphatic rings. The van der Waals surface area contributed by atoms with E-state index < -0.39 is 0 Å². The Balaban J connectivity index is 1.60. The van der Waals surface area contributed by atoms with E-state index in [1.807, 2.05) is 29.7 Å². The molecule has 1 amide bonds. The number of rotatable bonds is 3. The largest absolute Gasteiger partial charge is 0.335 e. The average Bonchev–Trinajstić information content (AvgIpc) is 2.77. The third kappa shape index (κ3) is 3.53. The number of hydrogen-bond acceptors (Lipinski definition) is 3. The van der Waals surface area contributed by atoms with Crippen LogP contribution < -0.4 is 0 Å². The summed E-state index contributed by atoms with van der Waals surface area (Å²) in [6, 6.07) is 4.54. The molecule has 3 fully saturated rings. The molecule has 3 aliphatic heterocycles. The number of allylic oxidation sites excluding steroid dienone is 1. The van der Waals surface area contributed by atoms with Crippen molar-refractivity contribution in [1.29, 1.82) is 0 Å². The van der Waals surface area contributed by atoms with E-state index in [-0.39, 0.29) is 5.91 Å². The fourth-order valence-corrected chi connectivity index (χ4v) is 4.54. The first kappa shape index (κ1) is 18.2. The number of pyridine rings is 1. The van der Waals surface area contributed by atoms with E-state index in [4.69, 9.17) is 0 Å². The minimum Gasteiger partial charge on any atom is -0.335 e. The van der Waals surface area contributed by atoms with E-state index in [9.17, 15) is 4.79 Å². The summed E-state index contributed by atoms with van der Waals surface area (Å²) < 4.78 is 1.96. The third-order valence-electron chi connectivity index (χ3n) is 6.01. The minimum atomic E-state index is 0.129.